The predicted octanol–water partition coefficient (Wildman–Crippen LogP) is 3.90. The standard InChI is InChI=1S/C18H19F4N3O/c1-26-12-6-4-11(5-7-12)13(25-8-2-3-9-25)10-23-16-14(19)17(21)24-18(22)15(16)20/h4-7,13H,2-3,8-10H2,1H3,(H,23,24). The fraction of sp³-hybridized carbons (Fsp3) is 0.389. The smallest absolute Gasteiger partial charge is 0.253 e. The Morgan fingerprint density at radius 3 is 2.15 bits per heavy atom. The summed E-state index contributed by atoms with van der Waals surface area (Å²) in [4.78, 5) is 4.73. The summed E-state index contributed by atoms with van der Waals surface area (Å²) in [5, 5.41) is 2.52. The lowest BCUT2D eigenvalue weighted by atomic mass is 10.0. The van der Waals surface area contributed by atoms with Crippen LogP contribution >= 0.6 is 0 Å². The molecule has 1 aromatic carbocycles. The van der Waals surface area contributed by atoms with Gasteiger partial charge in [-0.2, -0.15) is 22.5 Å². The Hall–Kier alpha value is -2.35. The molecule has 1 N–H and O–H groups in total. The highest BCUT2D eigenvalue weighted by atomic mass is 19.2. The van der Waals surface area contributed by atoms with Crippen molar-refractivity contribution in [3.63, 3.8) is 0 Å². The van der Waals surface area contributed by atoms with Crippen LogP contribution in [0.1, 0.15) is 24.4 Å². The molecule has 4 nitrogen and oxygen atoms in total. The molecule has 2 heterocycles. The van der Waals surface area contributed by atoms with Crippen molar-refractivity contribution in [1.29, 1.82) is 0 Å². The maximum atomic E-state index is 13.8. The SMILES string of the molecule is COc1ccc(C(CNc2c(F)c(F)nc(F)c2F)N2CCCC2)cc1. The van der Waals surface area contributed by atoms with Gasteiger partial charge < -0.3 is 10.1 Å². The normalized spacial score (nSPS) is 15.9. The lowest BCUT2D eigenvalue weighted by molar-refractivity contribution is 0.255. The fourth-order valence-corrected chi connectivity index (χ4v) is 3.18. The molecule has 2 aromatic rings. The van der Waals surface area contributed by atoms with Crippen molar-refractivity contribution in [2.24, 2.45) is 0 Å². The number of aromatic nitrogens is 1. The number of ether oxygens (including phenoxy) is 1. The third-order valence-corrected chi connectivity index (χ3v) is 4.55. The summed E-state index contributed by atoms with van der Waals surface area (Å²) in [5.74, 6) is -5.71. The molecule has 0 bridgehead atoms. The van der Waals surface area contributed by atoms with Gasteiger partial charge in [0.25, 0.3) is 11.9 Å². The Balaban J connectivity index is 1.85. The van der Waals surface area contributed by atoms with Crippen molar-refractivity contribution < 1.29 is 22.3 Å². The van der Waals surface area contributed by atoms with Gasteiger partial charge in [-0.25, -0.2) is 0 Å². The molecule has 0 amide bonds. The molecule has 1 unspecified atom stereocenters. The highest BCUT2D eigenvalue weighted by molar-refractivity contribution is 5.46. The molecule has 0 saturated carbocycles. The van der Waals surface area contributed by atoms with Crippen LogP contribution < -0.4 is 10.1 Å². The molecule has 0 radical (unpaired) electrons. The average molecular weight is 369 g/mol. The zero-order valence-electron chi connectivity index (χ0n) is 14.2. The maximum absolute atomic E-state index is 13.8. The molecule has 1 aromatic heterocycles. The molecule has 0 aliphatic carbocycles. The van der Waals surface area contributed by atoms with E-state index in [9.17, 15) is 17.6 Å². The van der Waals surface area contributed by atoms with Crippen LogP contribution in [0.5, 0.6) is 5.75 Å². The summed E-state index contributed by atoms with van der Waals surface area (Å²) in [6.07, 6.45) is 2.04. The van der Waals surface area contributed by atoms with E-state index in [1.54, 1.807) is 19.2 Å². The second-order valence-corrected chi connectivity index (χ2v) is 6.11. The zero-order valence-corrected chi connectivity index (χ0v) is 14.2. The number of halogens is 4. The summed E-state index contributed by atoms with van der Waals surface area (Å²) in [6.45, 7) is 1.76. The lowest BCUT2D eigenvalue weighted by Crippen LogP contribution is -2.31. The maximum Gasteiger partial charge on any atom is 0.253 e. The number of pyridine rings is 1. The first-order chi connectivity index (χ1) is 12.5. The summed E-state index contributed by atoms with van der Waals surface area (Å²) in [6, 6.07) is 7.12. The van der Waals surface area contributed by atoms with Crippen LogP contribution in [0.2, 0.25) is 0 Å². The minimum atomic E-state index is -1.67. The van der Waals surface area contributed by atoms with Crippen molar-refractivity contribution in [1.82, 2.24) is 9.88 Å². The van der Waals surface area contributed by atoms with Crippen LogP contribution in [-0.2, 0) is 0 Å². The largest absolute Gasteiger partial charge is 0.497 e. The number of rotatable bonds is 6. The van der Waals surface area contributed by atoms with E-state index in [1.807, 2.05) is 12.1 Å². The van der Waals surface area contributed by atoms with Crippen molar-refractivity contribution in [2.75, 3.05) is 32.1 Å². The lowest BCUT2D eigenvalue weighted by Gasteiger charge is -2.29. The van der Waals surface area contributed by atoms with Gasteiger partial charge in [0.1, 0.15) is 11.4 Å². The molecule has 3 rings (SSSR count). The Labute approximate surface area is 148 Å². The minimum absolute atomic E-state index is 0.0864. The number of hydrogen-bond donors (Lipinski definition) is 1. The Morgan fingerprint density at radius 2 is 1.62 bits per heavy atom. The van der Waals surface area contributed by atoms with Crippen molar-refractivity contribution in [3.05, 3.63) is 53.4 Å². The first kappa shape index (κ1) is 18.4. The summed E-state index contributed by atoms with van der Waals surface area (Å²) in [5.41, 5.74) is 0.0729. The van der Waals surface area contributed by atoms with Gasteiger partial charge in [0.15, 0.2) is 0 Å². The summed E-state index contributed by atoms with van der Waals surface area (Å²) >= 11 is 0. The second-order valence-electron chi connectivity index (χ2n) is 6.11. The van der Waals surface area contributed by atoms with E-state index in [4.69, 9.17) is 4.74 Å². The molecule has 26 heavy (non-hydrogen) atoms. The first-order valence-electron chi connectivity index (χ1n) is 8.33. The molecule has 1 saturated heterocycles. The topological polar surface area (TPSA) is 37.4 Å². The monoisotopic (exact) mass is 369 g/mol. The van der Waals surface area contributed by atoms with Crippen LogP contribution in [0.3, 0.4) is 0 Å². The van der Waals surface area contributed by atoms with E-state index in [-0.39, 0.29) is 12.6 Å². The number of nitrogens with zero attached hydrogens (tertiary/aromatic N) is 2. The molecule has 0 spiro atoms. The molecule has 1 aliphatic rings. The van der Waals surface area contributed by atoms with E-state index >= 15 is 0 Å². The molecule has 1 atom stereocenters. The number of nitrogens with one attached hydrogen (secondary N) is 1. The minimum Gasteiger partial charge on any atom is -0.497 e. The van der Waals surface area contributed by atoms with E-state index in [1.165, 1.54) is 0 Å². The number of benzene rings is 1. The number of methoxy groups -OCH3 is 1. The van der Waals surface area contributed by atoms with Gasteiger partial charge in [-0.05, 0) is 43.6 Å². The Morgan fingerprint density at radius 1 is 1.04 bits per heavy atom. The van der Waals surface area contributed by atoms with Crippen LogP contribution in [-0.4, -0.2) is 36.6 Å². The quantitative estimate of drug-likeness (QED) is 0.619. The molecule has 1 fully saturated rings. The van der Waals surface area contributed by atoms with Crippen LogP contribution in [0.4, 0.5) is 23.2 Å². The number of anilines is 1. The average Bonchev–Trinajstić information content (AvgIpc) is 3.17. The highest BCUT2D eigenvalue weighted by Crippen LogP contribution is 2.29. The molecule has 8 heteroatoms. The molecule has 1 aliphatic heterocycles. The molecule has 140 valence electrons. The third kappa shape index (κ3) is 3.75. The Bertz CT molecular complexity index is 738. The first-order valence-corrected chi connectivity index (χ1v) is 8.33. The third-order valence-electron chi connectivity index (χ3n) is 4.55. The zero-order chi connectivity index (χ0) is 18.7. The van der Waals surface area contributed by atoms with Gasteiger partial charge in [-0.15, -0.1) is 0 Å². The van der Waals surface area contributed by atoms with E-state index < -0.39 is 29.2 Å². The van der Waals surface area contributed by atoms with Gasteiger partial charge in [0, 0.05) is 6.54 Å². The van der Waals surface area contributed by atoms with Gasteiger partial charge in [-0.1, -0.05) is 12.1 Å². The van der Waals surface area contributed by atoms with Crippen LogP contribution in [0, 0.1) is 23.5 Å². The highest BCUT2D eigenvalue weighted by Gasteiger charge is 2.26. The van der Waals surface area contributed by atoms with Crippen molar-refractivity contribution in [2.45, 2.75) is 18.9 Å². The van der Waals surface area contributed by atoms with Gasteiger partial charge in [0.2, 0.25) is 11.6 Å². The van der Waals surface area contributed by atoms with E-state index in [2.05, 4.69) is 15.2 Å². The van der Waals surface area contributed by atoms with Crippen LogP contribution in [0.25, 0.3) is 0 Å². The predicted molar refractivity (Wildman–Crippen MR) is 89.1 cm³/mol. The van der Waals surface area contributed by atoms with Gasteiger partial charge in [-0.3, -0.25) is 4.90 Å². The second kappa shape index (κ2) is 7.90. The number of hydrogen-bond acceptors (Lipinski definition) is 4. The van der Waals surface area contributed by atoms with Crippen molar-refractivity contribution >= 4 is 5.69 Å². The van der Waals surface area contributed by atoms with Gasteiger partial charge >= 0.3 is 0 Å². The summed E-state index contributed by atoms with van der Waals surface area (Å²) < 4.78 is 59.4. The fourth-order valence-electron chi connectivity index (χ4n) is 3.18. The van der Waals surface area contributed by atoms with Crippen molar-refractivity contribution in [3.8, 4) is 5.75 Å². The van der Waals surface area contributed by atoms with Crippen LogP contribution in [0.15, 0.2) is 24.3 Å². The number of likely N-dealkylation sites (tertiary alicyclic amines) is 1. The van der Waals surface area contributed by atoms with E-state index in [0.29, 0.717) is 5.75 Å². The Kier molecular flexibility index (Phi) is 5.61. The van der Waals surface area contributed by atoms with E-state index in [0.717, 1.165) is 31.5 Å². The van der Waals surface area contributed by atoms with Gasteiger partial charge in [0.05, 0.1) is 13.2 Å². The molecular formula is C18H19F4N3O. The summed E-state index contributed by atoms with van der Waals surface area (Å²) in [7, 11) is 1.56. The molecular weight excluding hydrogens is 350 g/mol.